The van der Waals surface area contributed by atoms with E-state index in [9.17, 15) is 14.4 Å². The van der Waals surface area contributed by atoms with Gasteiger partial charge in [-0.15, -0.1) is 11.3 Å². The number of hydrogen-bond acceptors (Lipinski definition) is 5. The molecular formula is C24H23N5O3S. The Bertz CT molecular complexity index is 1310. The van der Waals surface area contributed by atoms with E-state index in [1.165, 1.54) is 11.3 Å². The molecule has 0 atom stereocenters. The van der Waals surface area contributed by atoms with Crippen LogP contribution >= 0.6 is 11.3 Å². The third-order valence-corrected chi connectivity index (χ3v) is 6.25. The van der Waals surface area contributed by atoms with Gasteiger partial charge in [-0.1, -0.05) is 42.5 Å². The molecular weight excluding hydrogens is 438 g/mol. The summed E-state index contributed by atoms with van der Waals surface area (Å²) in [5, 5.41) is 11.0. The second kappa shape index (κ2) is 9.66. The van der Waals surface area contributed by atoms with Crippen molar-refractivity contribution in [3.05, 3.63) is 87.9 Å². The maximum atomic E-state index is 12.8. The van der Waals surface area contributed by atoms with Gasteiger partial charge in [0.2, 0.25) is 5.91 Å². The Balaban J connectivity index is 1.40. The monoisotopic (exact) mass is 461 g/mol. The molecule has 2 aromatic heterocycles. The van der Waals surface area contributed by atoms with Crippen molar-refractivity contribution in [1.29, 1.82) is 0 Å². The number of aryl methyl sites for hydroxylation is 1. The molecule has 4 N–H and O–H groups in total. The molecule has 0 saturated carbocycles. The molecule has 0 aliphatic heterocycles. The minimum absolute atomic E-state index is 0.162. The summed E-state index contributed by atoms with van der Waals surface area (Å²) in [6.07, 6.45) is 0. The predicted molar refractivity (Wildman–Crippen MR) is 127 cm³/mol. The third-order valence-electron chi connectivity index (χ3n) is 5.10. The van der Waals surface area contributed by atoms with E-state index in [1.54, 1.807) is 24.3 Å². The summed E-state index contributed by atoms with van der Waals surface area (Å²) in [6, 6.07) is 18.7. The van der Waals surface area contributed by atoms with Gasteiger partial charge in [0.25, 0.3) is 11.8 Å². The number of hydrogen-bond donors (Lipinski definition) is 3. The van der Waals surface area contributed by atoms with Crippen molar-refractivity contribution in [3.8, 4) is 0 Å². The zero-order valence-corrected chi connectivity index (χ0v) is 18.8. The lowest BCUT2D eigenvalue weighted by atomic mass is 10.1. The molecule has 0 aliphatic carbocycles. The lowest BCUT2D eigenvalue weighted by Crippen LogP contribution is -2.33. The van der Waals surface area contributed by atoms with Gasteiger partial charge in [-0.2, -0.15) is 5.10 Å². The van der Waals surface area contributed by atoms with Gasteiger partial charge in [-0.3, -0.25) is 19.1 Å². The van der Waals surface area contributed by atoms with Gasteiger partial charge in [0, 0.05) is 17.5 Å². The van der Waals surface area contributed by atoms with Crippen LogP contribution in [0, 0.1) is 6.92 Å². The first-order chi connectivity index (χ1) is 15.9. The van der Waals surface area contributed by atoms with Crippen LogP contribution in [0.25, 0.3) is 10.2 Å². The molecule has 2 aromatic carbocycles. The number of carbonyl (C=O) groups is 3. The number of nitrogens with two attached hydrogens (primary N) is 1. The number of aromatic nitrogens is 2. The number of amides is 3. The molecule has 0 saturated heterocycles. The average molecular weight is 462 g/mol. The second-order valence-electron chi connectivity index (χ2n) is 7.59. The van der Waals surface area contributed by atoms with Crippen LogP contribution in [0.2, 0.25) is 0 Å². The number of benzene rings is 2. The zero-order valence-electron chi connectivity index (χ0n) is 18.0. The molecule has 2 heterocycles. The maximum absolute atomic E-state index is 12.8. The Kier molecular flexibility index (Phi) is 6.50. The summed E-state index contributed by atoms with van der Waals surface area (Å²) in [5.41, 5.74) is 8.33. The van der Waals surface area contributed by atoms with Crippen LogP contribution < -0.4 is 16.4 Å². The number of primary amides is 1. The fraction of sp³-hybridized carbons (Fsp3) is 0.167. The first-order valence-electron chi connectivity index (χ1n) is 10.3. The van der Waals surface area contributed by atoms with Crippen LogP contribution in [-0.4, -0.2) is 34.0 Å². The Morgan fingerprint density at radius 2 is 1.70 bits per heavy atom. The molecule has 0 spiro atoms. The van der Waals surface area contributed by atoms with Crippen LogP contribution in [0.3, 0.4) is 0 Å². The highest BCUT2D eigenvalue weighted by atomic mass is 32.1. The van der Waals surface area contributed by atoms with Crippen molar-refractivity contribution in [2.45, 2.75) is 20.0 Å². The van der Waals surface area contributed by atoms with Crippen LogP contribution in [-0.2, 0) is 17.9 Å². The van der Waals surface area contributed by atoms with E-state index in [-0.39, 0.29) is 18.4 Å². The minimum Gasteiger partial charge on any atom is -0.368 e. The van der Waals surface area contributed by atoms with Crippen LogP contribution in [0.1, 0.15) is 36.9 Å². The molecule has 0 fully saturated rings. The number of fused-ring (bicyclic) bond motifs is 1. The van der Waals surface area contributed by atoms with E-state index >= 15 is 0 Å². The van der Waals surface area contributed by atoms with Crippen molar-refractivity contribution < 1.29 is 14.4 Å². The van der Waals surface area contributed by atoms with E-state index in [1.807, 2.05) is 35.9 Å². The first-order valence-corrected chi connectivity index (χ1v) is 11.2. The van der Waals surface area contributed by atoms with E-state index in [4.69, 9.17) is 5.73 Å². The molecule has 0 unspecified atom stereocenters. The Morgan fingerprint density at radius 1 is 0.970 bits per heavy atom. The topological polar surface area (TPSA) is 119 Å². The quantitative estimate of drug-likeness (QED) is 0.374. The summed E-state index contributed by atoms with van der Waals surface area (Å²) in [4.78, 5) is 37.1. The molecule has 4 aromatic rings. The number of rotatable bonds is 8. The van der Waals surface area contributed by atoms with Gasteiger partial charge in [0.05, 0.1) is 23.7 Å². The number of thiophene rings is 1. The molecule has 0 bridgehead atoms. The van der Waals surface area contributed by atoms with Crippen molar-refractivity contribution >= 4 is 39.3 Å². The number of carbonyl (C=O) groups excluding carboxylic acids is 3. The molecule has 0 aliphatic rings. The molecule has 0 radical (unpaired) electrons. The largest absolute Gasteiger partial charge is 0.368 e. The minimum atomic E-state index is -0.605. The molecule has 33 heavy (non-hydrogen) atoms. The summed E-state index contributed by atoms with van der Waals surface area (Å²) < 4.78 is 1.93. The standard InChI is InChI=1S/C24H23N5O3S/c1-15-19-11-20(33-24(19)29(28-15)14-17-5-3-2-4-6-17)23(32)26-12-16-7-9-18(10-8-16)22(31)27-13-21(25)30/h2-11H,12-14H2,1H3,(H2,25,30)(H,26,32)(H,27,31). The van der Waals surface area contributed by atoms with Crippen LogP contribution in [0.15, 0.2) is 60.7 Å². The Labute approximate surface area is 194 Å². The van der Waals surface area contributed by atoms with Crippen molar-refractivity contribution in [3.63, 3.8) is 0 Å². The second-order valence-corrected chi connectivity index (χ2v) is 8.62. The highest BCUT2D eigenvalue weighted by Gasteiger charge is 2.16. The van der Waals surface area contributed by atoms with Gasteiger partial charge < -0.3 is 16.4 Å². The lowest BCUT2D eigenvalue weighted by molar-refractivity contribution is -0.117. The summed E-state index contributed by atoms with van der Waals surface area (Å²) in [5.74, 6) is -1.15. The predicted octanol–water partition coefficient (Wildman–Crippen LogP) is 2.60. The summed E-state index contributed by atoms with van der Waals surface area (Å²) in [6.45, 7) is 2.70. The van der Waals surface area contributed by atoms with Gasteiger partial charge in [-0.05, 0) is 36.2 Å². The number of nitrogens with zero attached hydrogens (tertiary/aromatic N) is 2. The molecule has 8 nitrogen and oxygen atoms in total. The van der Waals surface area contributed by atoms with Crippen molar-refractivity contribution in [1.82, 2.24) is 20.4 Å². The smallest absolute Gasteiger partial charge is 0.261 e. The van der Waals surface area contributed by atoms with Crippen LogP contribution in [0.5, 0.6) is 0 Å². The highest BCUT2D eigenvalue weighted by Crippen LogP contribution is 2.29. The average Bonchev–Trinajstić information content (AvgIpc) is 3.38. The van der Waals surface area contributed by atoms with E-state index in [2.05, 4.69) is 27.9 Å². The summed E-state index contributed by atoms with van der Waals surface area (Å²) >= 11 is 1.42. The van der Waals surface area contributed by atoms with Crippen molar-refractivity contribution in [2.75, 3.05) is 6.54 Å². The van der Waals surface area contributed by atoms with Crippen LogP contribution in [0.4, 0.5) is 0 Å². The van der Waals surface area contributed by atoms with Gasteiger partial charge >= 0.3 is 0 Å². The fourth-order valence-corrected chi connectivity index (χ4v) is 4.48. The summed E-state index contributed by atoms with van der Waals surface area (Å²) in [7, 11) is 0. The zero-order chi connectivity index (χ0) is 23.4. The normalized spacial score (nSPS) is 10.8. The SMILES string of the molecule is Cc1nn(Cc2ccccc2)c2sc(C(=O)NCc3ccc(C(=O)NCC(N)=O)cc3)cc12. The third kappa shape index (κ3) is 5.27. The first kappa shape index (κ1) is 22.2. The molecule has 9 heteroatoms. The van der Waals surface area contributed by atoms with E-state index < -0.39 is 5.91 Å². The van der Waals surface area contributed by atoms with Gasteiger partial charge in [0.1, 0.15) is 4.83 Å². The highest BCUT2D eigenvalue weighted by molar-refractivity contribution is 7.20. The maximum Gasteiger partial charge on any atom is 0.261 e. The lowest BCUT2D eigenvalue weighted by Gasteiger charge is -2.06. The fourth-order valence-electron chi connectivity index (χ4n) is 3.40. The van der Waals surface area contributed by atoms with Crippen molar-refractivity contribution in [2.24, 2.45) is 5.73 Å². The molecule has 4 rings (SSSR count). The Hall–Kier alpha value is -3.98. The number of nitrogens with one attached hydrogen (secondary N) is 2. The molecule has 168 valence electrons. The Morgan fingerprint density at radius 3 is 2.39 bits per heavy atom. The van der Waals surface area contributed by atoms with E-state index in [0.29, 0.717) is 23.5 Å². The van der Waals surface area contributed by atoms with Gasteiger partial charge in [-0.25, -0.2) is 0 Å². The van der Waals surface area contributed by atoms with E-state index in [0.717, 1.165) is 27.0 Å². The molecule has 3 amide bonds. The van der Waals surface area contributed by atoms with Gasteiger partial charge in [0.15, 0.2) is 0 Å².